The Balaban J connectivity index is 1.68. The van der Waals surface area contributed by atoms with Gasteiger partial charge in [-0.2, -0.15) is 14.6 Å². The van der Waals surface area contributed by atoms with E-state index in [0.717, 1.165) is 16.5 Å². The quantitative estimate of drug-likeness (QED) is 0.515. The van der Waals surface area contributed by atoms with E-state index in [0.29, 0.717) is 23.0 Å². The number of pyridine rings is 1. The molecule has 1 aromatic carbocycles. The number of rotatable bonds is 2. The Morgan fingerprint density at radius 2 is 2.04 bits per heavy atom. The van der Waals surface area contributed by atoms with Crippen molar-refractivity contribution in [1.82, 2.24) is 34.8 Å². The molecule has 0 saturated carbocycles. The monoisotopic (exact) mass is 329 g/mol. The van der Waals surface area contributed by atoms with Crippen LogP contribution < -0.4 is 5.56 Å². The first-order valence-electron chi connectivity index (χ1n) is 7.63. The Morgan fingerprint density at radius 1 is 1.08 bits per heavy atom. The van der Waals surface area contributed by atoms with Gasteiger partial charge in [0, 0.05) is 17.6 Å². The Hall–Kier alpha value is -3.81. The lowest BCUT2D eigenvalue weighted by molar-refractivity contribution is 0.902. The van der Waals surface area contributed by atoms with E-state index >= 15 is 0 Å². The molecule has 25 heavy (non-hydrogen) atoms. The molecule has 5 rings (SSSR count). The van der Waals surface area contributed by atoms with Crippen molar-refractivity contribution in [1.29, 1.82) is 0 Å². The van der Waals surface area contributed by atoms with Crippen LogP contribution in [0.15, 0.2) is 59.7 Å². The molecule has 120 valence electrons. The molecule has 8 heteroatoms. The van der Waals surface area contributed by atoms with Crippen molar-refractivity contribution in [3.8, 4) is 22.8 Å². The molecule has 0 radical (unpaired) electrons. The van der Waals surface area contributed by atoms with Crippen molar-refractivity contribution in [2.75, 3.05) is 0 Å². The molecule has 5 aromatic rings. The van der Waals surface area contributed by atoms with E-state index in [-0.39, 0.29) is 5.56 Å². The SMILES string of the molecule is O=c1cc(-c2ccc3[nH]ncc3c2)[nH]c2nc(-c3ccccn3)nn12. The average molecular weight is 329 g/mol. The highest BCUT2D eigenvalue weighted by Gasteiger charge is 2.12. The van der Waals surface area contributed by atoms with Crippen molar-refractivity contribution in [3.63, 3.8) is 0 Å². The van der Waals surface area contributed by atoms with Gasteiger partial charge in [-0.1, -0.05) is 12.1 Å². The zero-order valence-electron chi connectivity index (χ0n) is 12.8. The Morgan fingerprint density at radius 3 is 2.92 bits per heavy atom. The molecule has 0 aliphatic heterocycles. The number of nitrogens with zero attached hydrogens (tertiary/aromatic N) is 5. The zero-order chi connectivity index (χ0) is 16.8. The highest BCUT2D eigenvalue weighted by Crippen LogP contribution is 2.21. The van der Waals surface area contributed by atoms with Crippen LogP contribution in [0.5, 0.6) is 0 Å². The van der Waals surface area contributed by atoms with Crippen LogP contribution in [-0.2, 0) is 0 Å². The van der Waals surface area contributed by atoms with Crippen molar-refractivity contribution in [2.45, 2.75) is 0 Å². The third-order valence-corrected chi connectivity index (χ3v) is 3.98. The summed E-state index contributed by atoms with van der Waals surface area (Å²) in [6, 6.07) is 12.8. The summed E-state index contributed by atoms with van der Waals surface area (Å²) in [5.41, 5.74) is 2.83. The van der Waals surface area contributed by atoms with E-state index in [2.05, 4.69) is 30.2 Å². The molecule has 0 aliphatic rings. The summed E-state index contributed by atoms with van der Waals surface area (Å²) < 4.78 is 1.24. The maximum Gasteiger partial charge on any atom is 0.276 e. The largest absolute Gasteiger partial charge is 0.323 e. The summed E-state index contributed by atoms with van der Waals surface area (Å²) >= 11 is 0. The van der Waals surface area contributed by atoms with Gasteiger partial charge in [0.1, 0.15) is 5.69 Å². The summed E-state index contributed by atoms with van der Waals surface area (Å²) in [4.78, 5) is 24.2. The predicted molar refractivity (Wildman–Crippen MR) is 91.9 cm³/mol. The molecule has 0 bridgehead atoms. The van der Waals surface area contributed by atoms with Gasteiger partial charge in [0.15, 0.2) is 0 Å². The third-order valence-electron chi connectivity index (χ3n) is 3.98. The average Bonchev–Trinajstić information content (AvgIpc) is 3.28. The van der Waals surface area contributed by atoms with Crippen molar-refractivity contribution < 1.29 is 0 Å². The van der Waals surface area contributed by atoms with E-state index < -0.39 is 0 Å². The van der Waals surface area contributed by atoms with Crippen molar-refractivity contribution >= 4 is 16.7 Å². The fourth-order valence-corrected chi connectivity index (χ4v) is 2.76. The first kappa shape index (κ1) is 13.6. The minimum absolute atomic E-state index is 0.259. The Labute approximate surface area is 140 Å². The Kier molecular flexibility index (Phi) is 2.78. The number of nitrogens with one attached hydrogen (secondary N) is 2. The van der Waals surface area contributed by atoms with Crippen LogP contribution in [0.2, 0.25) is 0 Å². The van der Waals surface area contributed by atoms with E-state index in [9.17, 15) is 4.79 Å². The van der Waals surface area contributed by atoms with Crippen molar-refractivity contribution in [2.24, 2.45) is 0 Å². The second kappa shape index (κ2) is 5.10. The standard InChI is InChI=1S/C17H11N7O/c25-15-8-14(10-4-5-12-11(7-10)9-19-22-12)20-17-21-16(23-24(15)17)13-3-1-2-6-18-13/h1-9H,(H,19,22)(H,20,21,23). The number of hydrogen-bond donors (Lipinski definition) is 2. The Bertz CT molecular complexity index is 1270. The second-order valence-corrected chi connectivity index (χ2v) is 5.58. The molecule has 4 aromatic heterocycles. The van der Waals surface area contributed by atoms with Gasteiger partial charge in [-0.25, -0.2) is 0 Å². The molecule has 0 fully saturated rings. The molecular formula is C17H11N7O. The van der Waals surface area contributed by atoms with Crippen LogP contribution in [0.1, 0.15) is 0 Å². The molecule has 2 N–H and O–H groups in total. The second-order valence-electron chi connectivity index (χ2n) is 5.58. The summed E-state index contributed by atoms with van der Waals surface area (Å²) in [6.45, 7) is 0. The van der Waals surface area contributed by atoms with Crippen LogP contribution in [-0.4, -0.2) is 34.8 Å². The molecule has 8 nitrogen and oxygen atoms in total. The number of hydrogen-bond acceptors (Lipinski definition) is 5. The number of aromatic amines is 2. The van der Waals surface area contributed by atoms with Crippen LogP contribution in [0.25, 0.3) is 39.5 Å². The fourth-order valence-electron chi connectivity index (χ4n) is 2.76. The van der Waals surface area contributed by atoms with Gasteiger partial charge < -0.3 is 4.98 Å². The van der Waals surface area contributed by atoms with E-state index in [1.807, 2.05) is 30.3 Å². The van der Waals surface area contributed by atoms with E-state index in [4.69, 9.17) is 0 Å². The summed E-state index contributed by atoms with van der Waals surface area (Å²) in [7, 11) is 0. The van der Waals surface area contributed by atoms with Gasteiger partial charge in [0.05, 0.1) is 17.4 Å². The number of fused-ring (bicyclic) bond motifs is 2. The van der Waals surface area contributed by atoms with Gasteiger partial charge in [-0.05, 0) is 29.8 Å². The lowest BCUT2D eigenvalue weighted by Gasteiger charge is -2.02. The molecule has 0 aliphatic carbocycles. The normalized spacial score (nSPS) is 11.4. The molecule has 0 atom stereocenters. The fraction of sp³-hybridized carbons (Fsp3) is 0. The third kappa shape index (κ3) is 2.19. The van der Waals surface area contributed by atoms with Crippen LogP contribution in [0.4, 0.5) is 0 Å². The lowest BCUT2D eigenvalue weighted by atomic mass is 10.1. The molecule has 0 saturated heterocycles. The first-order valence-corrected chi connectivity index (χ1v) is 7.63. The van der Waals surface area contributed by atoms with Crippen molar-refractivity contribution in [3.05, 3.63) is 65.2 Å². The number of aromatic nitrogens is 7. The van der Waals surface area contributed by atoms with Gasteiger partial charge >= 0.3 is 0 Å². The van der Waals surface area contributed by atoms with Gasteiger partial charge in [0.2, 0.25) is 11.6 Å². The topological polar surface area (TPSA) is 105 Å². The first-order chi connectivity index (χ1) is 12.3. The van der Waals surface area contributed by atoms with E-state index in [1.165, 1.54) is 10.6 Å². The molecule has 0 amide bonds. The maximum atomic E-state index is 12.4. The molecular weight excluding hydrogens is 318 g/mol. The van der Waals surface area contributed by atoms with Gasteiger partial charge in [0.25, 0.3) is 5.56 Å². The summed E-state index contributed by atoms with van der Waals surface area (Å²) in [5, 5.41) is 12.1. The zero-order valence-corrected chi connectivity index (χ0v) is 12.8. The highest BCUT2D eigenvalue weighted by atomic mass is 16.1. The lowest BCUT2D eigenvalue weighted by Crippen LogP contribution is -2.14. The number of benzene rings is 1. The molecule has 0 unspecified atom stereocenters. The summed E-state index contributed by atoms with van der Waals surface area (Å²) in [6.07, 6.45) is 3.40. The van der Waals surface area contributed by atoms with Crippen LogP contribution >= 0.6 is 0 Å². The summed E-state index contributed by atoms with van der Waals surface area (Å²) in [5.74, 6) is 0.770. The number of H-pyrrole nitrogens is 2. The predicted octanol–water partition coefficient (Wildman–Crippen LogP) is 2.02. The minimum Gasteiger partial charge on any atom is -0.323 e. The molecule has 4 heterocycles. The van der Waals surface area contributed by atoms with E-state index in [1.54, 1.807) is 18.5 Å². The minimum atomic E-state index is -0.259. The maximum absolute atomic E-state index is 12.4. The van der Waals surface area contributed by atoms with Gasteiger partial charge in [-0.15, -0.1) is 5.10 Å². The molecule has 0 spiro atoms. The highest BCUT2D eigenvalue weighted by molar-refractivity contribution is 5.83. The van der Waals surface area contributed by atoms with Gasteiger partial charge in [-0.3, -0.25) is 14.9 Å². The van der Waals surface area contributed by atoms with Crippen LogP contribution in [0, 0.1) is 0 Å². The smallest absolute Gasteiger partial charge is 0.276 e. The van der Waals surface area contributed by atoms with Crippen LogP contribution in [0.3, 0.4) is 0 Å².